The van der Waals surface area contributed by atoms with Gasteiger partial charge in [-0.1, -0.05) is 133 Å². The number of benzene rings is 8. The summed E-state index contributed by atoms with van der Waals surface area (Å²) in [5.41, 5.74) is 9.05. The van der Waals surface area contributed by atoms with Crippen LogP contribution >= 0.6 is 0 Å². The van der Waals surface area contributed by atoms with Crippen LogP contribution in [0.2, 0.25) is 0 Å². The summed E-state index contributed by atoms with van der Waals surface area (Å²) in [5.74, 6) is 0. The second-order valence-electron chi connectivity index (χ2n) is 10.9. The zero-order chi connectivity index (χ0) is 26.9. The minimum Gasteiger partial charge on any atom is -0.455 e. The lowest BCUT2D eigenvalue weighted by molar-refractivity contribution is 0.670. The largest absolute Gasteiger partial charge is 0.455 e. The predicted octanol–water partition coefficient (Wildman–Crippen LogP) is 11.5. The summed E-state index contributed by atoms with van der Waals surface area (Å²) in [4.78, 5) is 0. The molecule has 0 saturated heterocycles. The zero-order valence-corrected chi connectivity index (χ0v) is 22.3. The maximum Gasteiger partial charge on any atom is 0.143 e. The van der Waals surface area contributed by atoms with Gasteiger partial charge in [0.05, 0.1) is 0 Å². The molecule has 0 unspecified atom stereocenters. The molecule has 0 saturated carbocycles. The summed E-state index contributed by atoms with van der Waals surface area (Å²) in [6, 6.07) is 52.6. The van der Waals surface area contributed by atoms with Gasteiger partial charge >= 0.3 is 0 Å². The highest BCUT2D eigenvalue weighted by atomic mass is 16.3. The Morgan fingerprint density at radius 1 is 0.341 bits per heavy atom. The highest BCUT2D eigenvalue weighted by molar-refractivity contribution is 6.25. The Hall–Kier alpha value is -5.40. The average Bonchev–Trinajstić information content (AvgIpc) is 3.43. The molecule has 0 atom stereocenters. The van der Waals surface area contributed by atoms with Crippen molar-refractivity contribution in [3.05, 3.63) is 146 Å². The summed E-state index contributed by atoms with van der Waals surface area (Å²) in [7, 11) is 0. The first-order valence-corrected chi connectivity index (χ1v) is 14.1. The molecule has 1 heteroatoms. The monoisotopic (exact) mass is 520 g/mol. The second-order valence-corrected chi connectivity index (χ2v) is 10.9. The summed E-state index contributed by atoms with van der Waals surface area (Å²) in [6.45, 7) is 0. The van der Waals surface area contributed by atoms with E-state index in [9.17, 15) is 0 Å². The third-order valence-electron chi connectivity index (χ3n) is 8.64. The Morgan fingerprint density at radius 3 is 1.88 bits per heavy atom. The Bertz CT molecular complexity index is 2390. The van der Waals surface area contributed by atoms with Crippen molar-refractivity contribution in [1.29, 1.82) is 0 Å². The minimum absolute atomic E-state index is 0.926. The molecule has 0 N–H and O–H groups in total. The van der Waals surface area contributed by atoms with Gasteiger partial charge in [-0.25, -0.2) is 0 Å². The number of rotatable bonds is 3. The van der Waals surface area contributed by atoms with E-state index in [1.807, 2.05) is 12.1 Å². The Labute approximate surface area is 237 Å². The number of para-hydroxylation sites is 2. The van der Waals surface area contributed by atoms with Crippen molar-refractivity contribution in [2.75, 3.05) is 0 Å². The summed E-state index contributed by atoms with van der Waals surface area (Å²) in [5, 5.41) is 10.2. The summed E-state index contributed by atoms with van der Waals surface area (Å²) in [6.07, 6.45) is 0. The Balaban J connectivity index is 1.14. The van der Waals surface area contributed by atoms with Gasteiger partial charge in [0.15, 0.2) is 0 Å². The van der Waals surface area contributed by atoms with E-state index < -0.39 is 0 Å². The molecule has 0 aliphatic heterocycles. The van der Waals surface area contributed by atoms with Crippen LogP contribution in [0.25, 0.3) is 87.6 Å². The van der Waals surface area contributed by atoms with Crippen LogP contribution in [-0.2, 0) is 0 Å². The van der Waals surface area contributed by atoms with Crippen molar-refractivity contribution >= 4 is 54.3 Å². The first-order valence-electron chi connectivity index (χ1n) is 14.1. The molecule has 9 aromatic rings. The average molecular weight is 521 g/mol. The van der Waals surface area contributed by atoms with Crippen molar-refractivity contribution in [3.63, 3.8) is 0 Å². The molecule has 0 bridgehead atoms. The smallest absolute Gasteiger partial charge is 0.143 e. The molecule has 8 aromatic carbocycles. The van der Waals surface area contributed by atoms with Crippen molar-refractivity contribution < 1.29 is 4.42 Å². The van der Waals surface area contributed by atoms with Crippen LogP contribution in [0, 0.1) is 0 Å². The topological polar surface area (TPSA) is 13.1 Å². The van der Waals surface area contributed by atoms with Crippen molar-refractivity contribution in [3.8, 4) is 33.4 Å². The van der Waals surface area contributed by atoms with Gasteiger partial charge in [0.1, 0.15) is 11.2 Å². The minimum atomic E-state index is 0.926. The molecule has 9 rings (SSSR count). The number of hydrogen-bond donors (Lipinski definition) is 0. The first-order chi connectivity index (χ1) is 20.3. The molecule has 0 spiro atoms. The molecule has 0 aliphatic carbocycles. The van der Waals surface area contributed by atoms with Gasteiger partial charge in [0.2, 0.25) is 0 Å². The van der Waals surface area contributed by atoms with E-state index in [4.69, 9.17) is 4.42 Å². The molecule has 0 fully saturated rings. The Kier molecular flexibility index (Phi) is 4.67. The predicted molar refractivity (Wildman–Crippen MR) is 174 cm³/mol. The lowest BCUT2D eigenvalue weighted by Gasteiger charge is -2.15. The standard InChI is InChI=1S/C40H24O/c1-2-13-37-34(10-1)36-12-5-11-33(40(36)41-37)26-16-14-25(15-17-26)30-8-4-9-31(24-30)32-22-20-29-19-18-27-6-3-7-28-21-23-35(32)39(29)38(27)28/h1-24H. The molecule has 41 heavy (non-hydrogen) atoms. The van der Waals surface area contributed by atoms with Crippen molar-refractivity contribution in [2.45, 2.75) is 0 Å². The molecular weight excluding hydrogens is 496 g/mol. The number of fused-ring (bicyclic) bond motifs is 3. The van der Waals surface area contributed by atoms with Gasteiger partial charge in [-0.15, -0.1) is 0 Å². The van der Waals surface area contributed by atoms with Gasteiger partial charge in [0, 0.05) is 16.3 Å². The molecule has 0 aliphatic rings. The second kappa shape index (κ2) is 8.55. The van der Waals surface area contributed by atoms with Crippen LogP contribution in [-0.4, -0.2) is 0 Å². The first kappa shape index (κ1) is 22.4. The van der Waals surface area contributed by atoms with Gasteiger partial charge in [-0.2, -0.15) is 0 Å². The third-order valence-corrected chi connectivity index (χ3v) is 8.64. The molecule has 1 heterocycles. The lowest BCUT2D eigenvalue weighted by Crippen LogP contribution is -1.88. The van der Waals surface area contributed by atoms with E-state index in [2.05, 4.69) is 133 Å². The van der Waals surface area contributed by atoms with E-state index in [0.29, 0.717) is 0 Å². The fourth-order valence-electron chi connectivity index (χ4n) is 6.67. The van der Waals surface area contributed by atoms with Crippen LogP contribution in [0.3, 0.4) is 0 Å². The fourth-order valence-corrected chi connectivity index (χ4v) is 6.67. The molecule has 0 amide bonds. The van der Waals surface area contributed by atoms with Gasteiger partial charge in [-0.3, -0.25) is 0 Å². The molecule has 190 valence electrons. The summed E-state index contributed by atoms with van der Waals surface area (Å²) >= 11 is 0. The quantitative estimate of drug-likeness (QED) is 0.211. The molecule has 1 aromatic heterocycles. The fraction of sp³-hybridized carbons (Fsp3) is 0. The van der Waals surface area contributed by atoms with Crippen molar-refractivity contribution in [1.82, 2.24) is 0 Å². The van der Waals surface area contributed by atoms with Gasteiger partial charge < -0.3 is 4.42 Å². The lowest BCUT2D eigenvalue weighted by atomic mass is 9.89. The van der Waals surface area contributed by atoms with Crippen molar-refractivity contribution in [2.24, 2.45) is 0 Å². The van der Waals surface area contributed by atoms with E-state index in [1.54, 1.807) is 0 Å². The van der Waals surface area contributed by atoms with Gasteiger partial charge in [0.25, 0.3) is 0 Å². The van der Waals surface area contributed by atoms with Crippen LogP contribution in [0.1, 0.15) is 0 Å². The normalized spacial score (nSPS) is 11.9. The molecule has 0 radical (unpaired) electrons. The molecule has 1 nitrogen and oxygen atoms in total. The van der Waals surface area contributed by atoms with Crippen LogP contribution in [0.5, 0.6) is 0 Å². The van der Waals surface area contributed by atoms with E-state index in [-0.39, 0.29) is 0 Å². The number of hydrogen-bond acceptors (Lipinski definition) is 1. The summed E-state index contributed by atoms with van der Waals surface area (Å²) < 4.78 is 6.30. The maximum atomic E-state index is 6.30. The maximum absolute atomic E-state index is 6.30. The van der Waals surface area contributed by atoms with E-state index >= 15 is 0 Å². The Morgan fingerprint density at radius 2 is 1.00 bits per heavy atom. The molecular formula is C40H24O. The zero-order valence-electron chi connectivity index (χ0n) is 22.3. The number of furan rings is 1. The highest BCUT2D eigenvalue weighted by Gasteiger charge is 2.14. The van der Waals surface area contributed by atoms with Crippen LogP contribution in [0.15, 0.2) is 150 Å². The third kappa shape index (κ3) is 3.36. The SMILES string of the molecule is c1cc(-c2ccc(-c3cccc4c3oc3ccccc34)cc2)cc(-c2ccc3ccc4cccc5ccc2c3c45)c1. The van der Waals surface area contributed by atoms with Crippen LogP contribution < -0.4 is 0 Å². The van der Waals surface area contributed by atoms with E-state index in [0.717, 1.165) is 33.1 Å². The highest BCUT2D eigenvalue weighted by Crippen LogP contribution is 2.40. The van der Waals surface area contributed by atoms with E-state index in [1.165, 1.54) is 54.6 Å². The van der Waals surface area contributed by atoms with Crippen LogP contribution in [0.4, 0.5) is 0 Å². The van der Waals surface area contributed by atoms with Gasteiger partial charge in [-0.05, 0) is 72.3 Å².